The summed E-state index contributed by atoms with van der Waals surface area (Å²) in [6, 6.07) is 0. The van der Waals surface area contributed by atoms with Crippen LogP contribution in [0.5, 0.6) is 0 Å². The summed E-state index contributed by atoms with van der Waals surface area (Å²) in [5, 5.41) is 0. The van der Waals surface area contributed by atoms with Crippen molar-refractivity contribution in [1.82, 2.24) is 0 Å². The summed E-state index contributed by atoms with van der Waals surface area (Å²) < 4.78 is 17.0. The van der Waals surface area contributed by atoms with Crippen LogP contribution in [0.1, 0.15) is 393 Å². The minimum Gasteiger partial charge on any atom is -0.462 e. The van der Waals surface area contributed by atoms with Gasteiger partial charge >= 0.3 is 17.9 Å². The average Bonchev–Trinajstić information content (AvgIpc) is 3.47. The molecule has 1 atom stereocenters. The van der Waals surface area contributed by atoms with Crippen LogP contribution in [0.25, 0.3) is 0 Å². The van der Waals surface area contributed by atoms with E-state index >= 15 is 0 Å². The van der Waals surface area contributed by atoms with Gasteiger partial charge in [0.1, 0.15) is 13.2 Å². The largest absolute Gasteiger partial charge is 0.462 e. The summed E-state index contributed by atoms with van der Waals surface area (Å²) in [5.41, 5.74) is 0. The fourth-order valence-corrected chi connectivity index (χ4v) is 10.9. The summed E-state index contributed by atoms with van der Waals surface area (Å²) in [6.07, 6.45) is 88.7. The van der Waals surface area contributed by atoms with Crippen molar-refractivity contribution < 1.29 is 28.6 Å². The summed E-state index contributed by atoms with van der Waals surface area (Å²) in [6.45, 7) is 6.66. The Bertz CT molecular complexity index is 1400. The first kappa shape index (κ1) is 78.4. The first-order valence-corrected chi connectivity index (χ1v) is 36.1. The third-order valence-electron chi connectivity index (χ3n) is 16.3. The lowest BCUT2D eigenvalue weighted by Gasteiger charge is -2.18. The molecule has 0 saturated carbocycles. The standard InChI is InChI=1S/C75H138O6/c1-4-7-10-13-16-19-22-25-28-29-30-31-32-33-34-35-36-37-38-39-40-41-42-43-44-45-48-50-53-56-59-62-65-68-74(77)80-71-72(81-75(78)69-66-63-60-57-54-51-47-27-24-21-18-15-12-9-6-3)70-79-73(76)67-64-61-58-55-52-49-46-26-23-20-17-14-11-8-5-2/h18,21-22,25,27,29-30,47,72H,4-17,19-20,23-24,26,28,31-46,48-71H2,1-3H3/b21-18-,25-22-,30-29-,47-27-. The molecule has 0 aliphatic carbocycles. The maximum absolute atomic E-state index is 12.9. The molecule has 0 saturated heterocycles. The van der Waals surface area contributed by atoms with E-state index < -0.39 is 6.10 Å². The smallest absolute Gasteiger partial charge is 0.306 e. The predicted molar refractivity (Wildman–Crippen MR) is 353 cm³/mol. The number of ether oxygens (including phenoxy) is 3. The van der Waals surface area contributed by atoms with E-state index in [9.17, 15) is 14.4 Å². The van der Waals surface area contributed by atoms with E-state index in [1.807, 2.05) is 0 Å². The lowest BCUT2D eigenvalue weighted by atomic mass is 10.0. The molecular formula is C75H138O6. The van der Waals surface area contributed by atoms with Gasteiger partial charge in [-0.25, -0.2) is 0 Å². The molecule has 0 N–H and O–H groups in total. The Morgan fingerprint density at radius 1 is 0.247 bits per heavy atom. The first-order valence-electron chi connectivity index (χ1n) is 36.1. The fourth-order valence-electron chi connectivity index (χ4n) is 10.9. The molecule has 0 amide bonds. The highest BCUT2D eigenvalue weighted by Gasteiger charge is 2.19. The van der Waals surface area contributed by atoms with Gasteiger partial charge in [0.25, 0.3) is 0 Å². The highest BCUT2D eigenvalue weighted by Crippen LogP contribution is 2.18. The number of hydrogen-bond donors (Lipinski definition) is 0. The Hall–Kier alpha value is -2.63. The second-order valence-corrected chi connectivity index (χ2v) is 24.5. The SMILES string of the molecule is CCCCC/C=C\C/C=C\CCCCCCCC(=O)OC(COC(=O)CCCCCCCCCCCCCCCCC)COC(=O)CCCCCCCCCCCCCCCCCCCCCCC/C=C\C/C=C\CCCCCCC. The van der Waals surface area contributed by atoms with Gasteiger partial charge in [-0.1, -0.05) is 339 Å². The van der Waals surface area contributed by atoms with Gasteiger partial charge in [-0.3, -0.25) is 14.4 Å². The predicted octanol–water partition coefficient (Wildman–Crippen LogP) is 24.9. The number of rotatable bonds is 67. The van der Waals surface area contributed by atoms with Crippen LogP contribution in [0.4, 0.5) is 0 Å². The molecule has 0 aromatic carbocycles. The molecule has 1 unspecified atom stereocenters. The van der Waals surface area contributed by atoms with Gasteiger partial charge in [0.15, 0.2) is 6.10 Å². The van der Waals surface area contributed by atoms with E-state index in [0.717, 1.165) is 89.9 Å². The Labute approximate surface area is 505 Å². The maximum Gasteiger partial charge on any atom is 0.306 e. The van der Waals surface area contributed by atoms with Gasteiger partial charge in [0.2, 0.25) is 0 Å². The Balaban J connectivity index is 4.12. The molecule has 0 rings (SSSR count). The highest BCUT2D eigenvalue weighted by atomic mass is 16.6. The Morgan fingerprint density at radius 3 is 0.704 bits per heavy atom. The van der Waals surface area contributed by atoms with Crippen LogP contribution in [0.15, 0.2) is 48.6 Å². The second kappa shape index (κ2) is 69.9. The van der Waals surface area contributed by atoms with Crippen LogP contribution < -0.4 is 0 Å². The van der Waals surface area contributed by atoms with Crippen molar-refractivity contribution in [3.8, 4) is 0 Å². The summed E-state index contributed by atoms with van der Waals surface area (Å²) >= 11 is 0. The summed E-state index contributed by atoms with van der Waals surface area (Å²) in [7, 11) is 0. The van der Waals surface area contributed by atoms with Gasteiger partial charge in [-0.15, -0.1) is 0 Å². The maximum atomic E-state index is 12.9. The average molecular weight is 1140 g/mol. The van der Waals surface area contributed by atoms with Crippen LogP contribution in [-0.2, 0) is 28.6 Å². The van der Waals surface area contributed by atoms with Crippen molar-refractivity contribution in [1.29, 1.82) is 0 Å². The number of allylic oxidation sites excluding steroid dienone is 8. The molecule has 0 aromatic heterocycles. The van der Waals surface area contributed by atoms with Crippen molar-refractivity contribution in [2.45, 2.75) is 399 Å². The van der Waals surface area contributed by atoms with Crippen LogP contribution in [0, 0.1) is 0 Å². The van der Waals surface area contributed by atoms with Crippen molar-refractivity contribution >= 4 is 17.9 Å². The fraction of sp³-hybridized carbons (Fsp3) is 0.853. The zero-order valence-electron chi connectivity index (χ0n) is 54.6. The van der Waals surface area contributed by atoms with Gasteiger partial charge in [0.05, 0.1) is 0 Å². The molecule has 0 spiro atoms. The second-order valence-electron chi connectivity index (χ2n) is 24.5. The van der Waals surface area contributed by atoms with Crippen LogP contribution in [0.2, 0.25) is 0 Å². The molecule has 6 heteroatoms. The van der Waals surface area contributed by atoms with E-state index in [1.54, 1.807) is 0 Å². The molecular weight excluding hydrogens is 997 g/mol. The van der Waals surface area contributed by atoms with Crippen LogP contribution in [0.3, 0.4) is 0 Å². The minimum absolute atomic E-state index is 0.0731. The van der Waals surface area contributed by atoms with E-state index in [4.69, 9.17) is 14.2 Å². The molecule has 0 heterocycles. The first-order chi connectivity index (χ1) is 40.0. The molecule has 0 aliphatic heterocycles. The molecule has 0 aromatic rings. The quantitative estimate of drug-likeness (QED) is 0.0261. The van der Waals surface area contributed by atoms with Gasteiger partial charge in [0, 0.05) is 19.3 Å². The van der Waals surface area contributed by atoms with E-state index in [0.29, 0.717) is 19.3 Å². The third kappa shape index (κ3) is 68.0. The van der Waals surface area contributed by atoms with Gasteiger partial charge in [-0.05, 0) is 83.5 Å². The number of carbonyl (C=O) groups is 3. The summed E-state index contributed by atoms with van der Waals surface area (Å²) in [5.74, 6) is -0.860. The van der Waals surface area contributed by atoms with Crippen molar-refractivity contribution in [3.63, 3.8) is 0 Å². The van der Waals surface area contributed by atoms with E-state index in [1.165, 1.54) is 263 Å². The van der Waals surface area contributed by atoms with Gasteiger partial charge in [-0.2, -0.15) is 0 Å². The normalized spacial score (nSPS) is 12.3. The van der Waals surface area contributed by atoms with Gasteiger partial charge < -0.3 is 14.2 Å². The molecule has 6 nitrogen and oxygen atoms in total. The minimum atomic E-state index is -0.778. The number of carbonyl (C=O) groups excluding carboxylic acids is 3. The van der Waals surface area contributed by atoms with Crippen LogP contribution in [-0.4, -0.2) is 37.2 Å². The van der Waals surface area contributed by atoms with Crippen molar-refractivity contribution in [2.75, 3.05) is 13.2 Å². The Morgan fingerprint density at radius 2 is 0.444 bits per heavy atom. The topological polar surface area (TPSA) is 78.9 Å². The third-order valence-corrected chi connectivity index (χ3v) is 16.3. The molecule has 81 heavy (non-hydrogen) atoms. The number of esters is 3. The zero-order valence-corrected chi connectivity index (χ0v) is 54.6. The lowest BCUT2D eigenvalue weighted by Crippen LogP contribution is -2.30. The molecule has 0 aliphatic rings. The Kier molecular flexibility index (Phi) is 67.6. The molecule has 474 valence electrons. The van der Waals surface area contributed by atoms with Crippen molar-refractivity contribution in [2.24, 2.45) is 0 Å². The lowest BCUT2D eigenvalue weighted by molar-refractivity contribution is -0.167. The molecule has 0 bridgehead atoms. The monoisotopic (exact) mass is 1140 g/mol. The number of unbranched alkanes of at least 4 members (excludes halogenated alkanes) is 48. The molecule has 0 fully saturated rings. The van der Waals surface area contributed by atoms with Crippen LogP contribution >= 0.6 is 0 Å². The zero-order chi connectivity index (χ0) is 58.5. The van der Waals surface area contributed by atoms with E-state index in [2.05, 4.69) is 69.4 Å². The summed E-state index contributed by atoms with van der Waals surface area (Å²) in [4.78, 5) is 38.4. The van der Waals surface area contributed by atoms with E-state index in [-0.39, 0.29) is 31.1 Å². The molecule has 0 radical (unpaired) electrons. The number of hydrogen-bond acceptors (Lipinski definition) is 6. The highest BCUT2D eigenvalue weighted by molar-refractivity contribution is 5.71. The van der Waals surface area contributed by atoms with Crippen molar-refractivity contribution in [3.05, 3.63) is 48.6 Å².